The van der Waals surface area contributed by atoms with Crippen molar-refractivity contribution in [1.82, 2.24) is 0 Å². The summed E-state index contributed by atoms with van der Waals surface area (Å²) in [6.45, 7) is 2.50. The van der Waals surface area contributed by atoms with Crippen LogP contribution in [0.5, 0.6) is 11.5 Å². The van der Waals surface area contributed by atoms with E-state index in [9.17, 15) is 4.79 Å². The first kappa shape index (κ1) is 12.5. The van der Waals surface area contributed by atoms with Gasteiger partial charge in [-0.2, -0.15) is 0 Å². The third kappa shape index (κ3) is 2.59. The van der Waals surface area contributed by atoms with Gasteiger partial charge in [-0.1, -0.05) is 17.7 Å². The molecule has 102 valence electrons. The molecule has 0 saturated heterocycles. The van der Waals surface area contributed by atoms with Crippen LogP contribution in [-0.2, 0) is 0 Å². The molecule has 2 aromatic carbocycles. The fourth-order valence-electron chi connectivity index (χ4n) is 2.03. The Morgan fingerprint density at radius 1 is 1.10 bits per heavy atom. The Morgan fingerprint density at radius 3 is 2.65 bits per heavy atom. The Morgan fingerprint density at radius 2 is 1.85 bits per heavy atom. The molecule has 0 aromatic heterocycles. The van der Waals surface area contributed by atoms with E-state index in [-0.39, 0.29) is 19.1 Å². The number of hydrogen-bond acceptors (Lipinski definition) is 4. The fraction of sp³-hybridized carbons (Fsp3) is 0.188. The maximum Gasteiger partial charge on any atom is 0.231 e. The highest BCUT2D eigenvalue weighted by atomic mass is 16.7. The molecule has 0 aliphatic carbocycles. The number of fused-ring (bicyclic) bond motifs is 1. The van der Waals surface area contributed by atoms with Crippen molar-refractivity contribution in [2.24, 2.45) is 0 Å². The van der Waals surface area contributed by atoms with E-state index in [1.54, 1.807) is 18.2 Å². The maximum atomic E-state index is 12.1. The second-order valence-corrected chi connectivity index (χ2v) is 4.71. The molecular formula is C16H15NO3. The molecule has 0 fully saturated rings. The van der Waals surface area contributed by atoms with Gasteiger partial charge in [0.2, 0.25) is 6.79 Å². The van der Waals surface area contributed by atoms with Crippen LogP contribution in [0.3, 0.4) is 0 Å². The van der Waals surface area contributed by atoms with Crippen molar-refractivity contribution in [3.05, 3.63) is 53.6 Å². The zero-order valence-electron chi connectivity index (χ0n) is 11.2. The van der Waals surface area contributed by atoms with E-state index in [0.29, 0.717) is 17.1 Å². The third-order valence-electron chi connectivity index (χ3n) is 3.20. The average Bonchev–Trinajstić information content (AvgIpc) is 2.93. The molecule has 3 rings (SSSR count). The van der Waals surface area contributed by atoms with E-state index in [1.807, 2.05) is 31.2 Å². The number of rotatable bonds is 4. The topological polar surface area (TPSA) is 47.6 Å². The Labute approximate surface area is 117 Å². The Hall–Kier alpha value is -2.49. The molecule has 1 heterocycles. The standard InChI is InChI=1S/C16H15NO3/c1-11-2-5-13(6-3-11)17-9-14(18)12-4-7-15-16(8-12)20-10-19-15/h2-8,17H,9-10H2,1H3. The Kier molecular flexibility index (Phi) is 3.29. The lowest BCUT2D eigenvalue weighted by molar-refractivity contribution is 0.101. The summed E-state index contributed by atoms with van der Waals surface area (Å²) < 4.78 is 10.5. The Bertz CT molecular complexity index is 635. The number of aryl methyl sites for hydroxylation is 1. The first-order valence-corrected chi connectivity index (χ1v) is 6.46. The minimum atomic E-state index is 0.0175. The SMILES string of the molecule is Cc1ccc(NCC(=O)c2ccc3c(c2)OCO3)cc1. The summed E-state index contributed by atoms with van der Waals surface area (Å²) in [7, 11) is 0. The van der Waals surface area contributed by atoms with Crippen LogP contribution in [0.25, 0.3) is 0 Å². The minimum absolute atomic E-state index is 0.0175. The number of nitrogens with one attached hydrogen (secondary N) is 1. The smallest absolute Gasteiger partial charge is 0.231 e. The zero-order valence-corrected chi connectivity index (χ0v) is 11.2. The largest absolute Gasteiger partial charge is 0.454 e. The van der Waals surface area contributed by atoms with Crippen molar-refractivity contribution in [3.8, 4) is 11.5 Å². The number of ketones is 1. The summed E-state index contributed by atoms with van der Waals surface area (Å²) in [5.41, 5.74) is 2.75. The van der Waals surface area contributed by atoms with Gasteiger partial charge in [0.1, 0.15) is 0 Å². The molecule has 0 atom stereocenters. The second kappa shape index (κ2) is 5.25. The van der Waals surface area contributed by atoms with Crippen LogP contribution in [0.4, 0.5) is 5.69 Å². The van der Waals surface area contributed by atoms with Crippen LogP contribution in [0.1, 0.15) is 15.9 Å². The Balaban J connectivity index is 1.66. The number of anilines is 1. The van der Waals surface area contributed by atoms with Crippen LogP contribution >= 0.6 is 0 Å². The lowest BCUT2D eigenvalue weighted by atomic mass is 10.1. The average molecular weight is 269 g/mol. The van der Waals surface area contributed by atoms with E-state index in [4.69, 9.17) is 9.47 Å². The third-order valence-corrected chi connectivity index (χ3v) is 3.20. The molecule has 20 heavy (non-hydrogen) atoms. The van der Waals surface area contributed by atoms with Crippen LogP contribution in [-0.4, -0.2) is 19.1 Å². The monoisotopic (exact) mass is 269 g/mol. The molecule has 2 aromatic rings. The van der Waals surface area contributed by atoms with E-state index in [2.05, 4.69) is 5.32 Å². The molecule has 0 spiro atoms. The van der Waals surface area contributed by atoms with Gasteiger partial charge in [-0.25, -0.2) is 0 Å². The van der Waals surface area contributed by atoms with Gasteiger partial charge in [0.05, 0.1) is 6.54 Å². The quantitative estimate of drug-likeness (QED) is 0.867. The van der Waals surface area contributed by atoms with E-state index < -0.39 is 0 Å². The highest BCUT2D eigenvalue weighted by molar-refractivity contribution is 5.99. The highest BCUT2D eigenvalue weighted by Crippen LogP contribution is 2.32. The van der Waals surface area contributed by atoms with E-state index in [1.165, 1.54) is 5.56 Å². The molecule has 0 bridgehead atoms. The molecule has 0 unspecified atom stereocenters. The van der Waals surface area contributed by atoms with Crippen LogP contribution in [0, 0.1) is 6.92 Å². The zero-order chi connectivity index (χ0) is 13.9. The number of carbonyl (C=O) groups is 1. The molecule has 0 amide bonds. The van der Waals surface area contributed by atoms with Gasteiger partial charge < -0.3 is 14.8 Å². The molecule has 1 aliphatic heterocycles. The van der Waals surface area contributed by atoms with Gasteiger partial charge in [-0.3, -0.25) is 4.79 Å². The van der Waals surface area contributed by atoms with Gasteiger partial charge in [-0.05, 0) is 37.3 Å². The summed E-state index contributed by atoms with van der Waals surface area (Å²) in [6, 6.07) is 13.2. The minimum Gasteiger partial charge on any atom is -0.454 e. The second-order valence-electron chi connectivity index (χ2n) is 4.71. The van der Waals surface area contributed by atoms with Crippen molar-refractivity contribution < 1.29 is 14.3 Å². The lowest BCUT2D eigenvalue weighted by Crippen LogP contribution is -2.13. The predicted molar refractivity (Wildman–Crippen MR) is 76.6 cm³/mol. The number of hydrogen-bond donors (Lipinski definition) is 1. The molecule has 0 saturated carbocycles. The molecule has 1 N–H and O–H groups in total. The molecule has 0 radical (unpaired) electrons. The number of benzene rings is 2. The highest BCUT2D eigenvalue weighted by Gasteiger charge is 2.15. The van der Waals surface area contributed by atoms with Crippen molar-refractivity contribution >= 4 is 11.5 Å². The summed E-state index contributed by atoms with van der Waals surface area (Å²) in [5, 5.41) is 3.12. The van der Waals surface area contributed by atoms with Crippen molar-refractivity contribution in [2.45, 2.75) is 6.92 Å². The molecular weight excluding hydrogens is 254 g/mol. The van der Waals surface area contributed by atoms with Crippen molar-refractivity contribution in [2.75, 3.05) is 18.7 Å². The van der Waals surface area contributed by atoms with Gasteiger partial charge in [0.15, 0.2) is 17.3 Å². The molecule has 1 aliphatic rings. The van der Waals surface area contributed by atoms with Crippen LogP contribution in [0.2, 0.25) is 0 Å². The number of carbonyl (C=O) groups excluding carboxylic acids is 1. The van der Waals surface area contributed by atoms with Crippen LogP contribution in [0.15, 0.2) is 42.5 Å². The van der Waals surface area contributed by atoms with E-state index in [0.717, 1.165) is 5.69 Å². The summed E-state index contributed by atoms with van der Waals surface area (Å²) >= 11 is 0. The van der Waals surface area contributed by atoms with Gasteiger partial charge in [0.25, 0.3) is 0 Å². The fourth-order valence-corrected chi connectivity index (χ4v) is 2.03. The first-order chi connectivity index (χ1) is 9.72. The summed E-state index contributed by atoms with van der Waals surface area (Å²) in [5.74, 6) is 1.34. The van der Waals surface area contributed by atoms with Gasteiger partial charge in [-0.15, -0.1) is 0 Å². The van der Waals surface area contributed by atoms with E-state index >= 15 is 0 Å². The van der Waals surface area contributed by atoms with Crippen molar-refractivity contribution in [1.29, 1.82) is 0 Å². The first-order valence-electron chi connectivity index (χ1n) is 6.46. The predicted octanol–water partition coefficient (Wildman–Crippen LogP) is 3.02. The normalized spacial score (nSPS) is 12.2. The number of ether oxygens (including phenoxy) is 2. The summed E-state index contributed by atoms with van der Waals surface area (Å²) in [4.78, 5) is 12.1. The molecule has 4 nitrogen and oxygen atoms in total. The van der Waals surface area contributed by atoms with Gasteiger partial charge in [0, 0.05) is 11.3 Å². The lowest BCUT2D eigenvalue weighted by Gasteiger charge is -2.06. The number of Topliss-reactive ketones (excluding diaryl/α,β-unsaturated/α-hetero) is 1. The molecule has 4 heteroatoms. The maximum absolute atomic E-state index is 12.1. The van der Waals surface area contributed by atoms with Crippen LogP contribution < -0.4 is 14.8 Å². The van der Waals surface area contributed by atoms with Gasteiger partial charge >= 0.3 is 0 Å². The summed E-state index contributed by atoms with van der Waals surface area (Å²) in [6.07, 6.45) is 0. The van der Waals surface area contributed by atoms with Crippen molar-refractivity contribution in [3.63, 3.8) is 0 Å².